The second-order valence-electron chi connectivity index (χ2n) is 5.17. The smallest absolute Gasteiger partial charge is 0.410 e. The number of benzene rings is 1. The molecule has 1 unspecified atom stereocenters. The average Bonchev–Trinajstić information content (AvgIpc) is 2.92. The summed E-state index contributed by atoms with van der Waals surface area (Å²) in [4.78, 5) is 13.5. The van der Waals surface area contributed by atoms with E-state index >= 15 is 0 Å². The average molecular weight is 332 g/mol. The zero-order valence-corrected chi connectivity index (χ0v) is 13.1. The van der Waals surface area contributed by atoms with E-state index in [9.17, 15) is 13.2 Å². The molecule has 5 nitrogen and oxygen atoms in total. The van der Waals surface area contributed by atoms with Crippen molar-refractivity contribution in [2.24, 2.45) is 5.92 Å². The molecule has 1 aliphatic heterocycles. The summed E-state index contributed by atoms with van der Waals surface area (Å²) in [6.07, 6.45) is 0.913. The zero-order chi connectivity index (χ0) is 15.3. The highest BCUT2D eigenvalue weighted by Crippen LogP contribution is 2.21. The molecule has 116 valence electrons. The molecule has 0 saturated carbocycles. The Bertz CT molecular complexity index is 576. The van der Waals surface area contributed by atoms with E-state index in [4.69, 9.17) is 15.4 Å². The molecular weight excluding hydrogens is 314 g/mol. The topological polar surface area (TPSA) is 63.7 Å². The van der Waals surface area contributed by atoms with Gasteiger partial charge in [0.1, 0.15) is 6.61 Å². The monoisotopic (exact) mass is 331 g/mol. The third-order valence-electron chi connectivity index (χ3n) is 3.52. The number of rotatable bonds is 5. The number of likely N-dealkylation sites (tertiary alicyclic amines) is 1. The quantitative estimate of drug-likeness (QED) is 0.778. The van der Waals surface area contributed by atoms with Crippen molar-refractivity contribution < 1.29 is 17.9 Å². The van der Waals surface area contributed by atoms with Crippen molar-refractivity contribution in [3.8, 4) is 0 Å². The minimum atomic E-state index is -3.46. The molecule has 1 amide bonds. The molecule has 1 aromatic carbocycles. The van der Waals surface area contributed by atoms with Gasteiger partial charge in [-0.1, -0.05) is 30.3 Å². The van der Waals surface area contributed by atoms with E-state index in [1.165, 1.54) is 0 Å². The molecule has 1 heterocycles. The van der Waals surface area contributed by atoms with E-state index < -0.39 is 9.05 Å². The lowest BCUT2D eigenvalue weighted by Crippen LogP contribution is -2.29. The van der Waals surface area contributed by atoms with Gasteiger partial charge in [0.15, 0.2) is 0 Å². The van der Waals surface area contributed by atoms with Crippen LogP contribution in [-0.4, -0.2) is 38.3 Å². The van der Waals surface area contributed by atoms with Gasteiger partial charge >= 0.3 is 6.09 Å². The van der Waals surface area contributed by atoms with Gasteiger partial charge in [0.25, 0.3) is 0 Å². The number of hydrogen-bond donors (Lipinski definition) is 0. The Morgan fingerprint density at radius 2 is 2.05 bits per heavy atom. The molecule has 0 radical (unpaired) electrons. The Morgan fingerprint density at radius 3 is 2.71 bits per heavy atom. The van der Waals surface area contributed by atoms with Crippen molar-refractivity contribution in [1.29, 1.82) is 0 Å². The van der Waals surface area contributed by atoms with Gasteiger partial charge in [-0.3, -0.25) is 0 Å². The number of ether oxygens (including phenoxy) is 1. The summed E-state index contributed by atoms with van der Waals surface area (Å²) in [7, 11) is 1.74. The number of carbonyl (C=O) groups excluding carboxylic acids is 1. The van der Waals surface area contributed by atoms with Gasteiger partial charge in [0.05, 0.1) is 5.75 Å². The predicted octanol–water partition coefficient (Wildman–Crippen LogP) is 2.60. The minimum absolute atomic E-state index is 0.0495. The number of nitrogens with zero attached hydrogens (tertiary/aromatic N) is 1. The molecular formula is C14H18ClNO4S. The number of amides is 1. The molecule has 1 aromatic rings. The number of hydrogen-bond acceptors (Lipinski definition) is 4. The van der Waals surface area contributed by atoms with E-state index in [1.807, 2.05) is 30.3 Å². The summed E-state index contributed by atoms with van der Waals surface area (Å²) in [6, 6.07) is 9.47. The zero-order valence-electron chi connectivity index (χ0n) is 11.6. The van der Waals surface area contributed by atoms with Crippen molar-refractivity contribution in [3.63, 3.8) is 0 Å². The second-order valence-corrected chi connectivity index (χ2v) is 8.07. The van der Waals surface area contributed by atoms with Crippen LogP contribution in [0.3, 0.4) is 0 Å². The Balaban J connectivity index is 1.74. The summed E-state index contributed by atoms with van der Waals surface area (Å²) >= 11 is 0. The Hall–Kier alpha value is -1.27. The SMILES string of the molecule is O=C(OCc1ccccc1)N1CCC(CCS(=O)(=O)Cl)C1. The first-order chi connectivity index (χ1) is 9.94. The van der Waals surface area contributed by atoms with Crippen LogP contribution in [0, 0.1) is 5.92 Å². The van der Waals surface area contributed by atoms with Crippen LogP contribution in [0.5, 0.6) is 0 Å². The summed E-state index contributed by atoms with van der Waals surface area (Å²) in [5, 5.41) is 0. The second kappa shape index (κ2) is 7.13. The van der Waals surface area contributed by atoms with Crippen LogP contribution in [0.2, 0.25) is 0 Å². The van der Waals surface area contributed by atoms with E-state index in [-0.39, 0.29) is 24.4 Å². The maximum Gasteiger partial charge on any atom is 0.410 e. The van der Waals surface area contributed by atoms with Crippen molar-refractivity contribution >= 4 is 25.8 Å². The molecule has 2 rings (SSSR count). The van der Waals surface area contributed by atoms with Gasteiger partial charge < -0.3 is 9.64 Å². The molecule has 0 aromatic heterocycles. The largest absolute Gasteiger partial charge is 0.445 e. The van der Waals surface area contributed by atoms with E-state index in [0.29, 0.717) is 19.5 Å². The molecule has 1 saturated heterocycles. The summed E-state index contributed by atoms with van der Waals surface area (Å²) in [6.45, 7) is 1.37. The standard InChI is InChI=1S/C14H18ClNO4S/c15-21(18,19)9-7-12-6-8-16(10-12)14(17)20-11-13-4-2-1-3-5-13/h1-5,12H,6-11H2. The fraction of sp³-hybridized carbons (Fsp3) is 0.500. The van der Waals surface area contributed by atoms with Crippen LogP contribution in [0.4, 0.5) is 4.79 Å². The minimum Gasteiger partial charge on any atom is -0.445 e. The number of carbonyl (C=O) groups is 1. The third-order valence-corrected chi connectivity index (χ3v) is 4.71. The van der Waals surface area contributed by atoms with Gasteiger partial charge in [-0.25, -0.2) is 13.2 Å². The highest BCUT2D eigenvalue weighted by Gasteiger charge is 2.28. The summed E-state index contributed by atoms with van der Waals surface area (Å²) in [5.74, 6) is 0.120. The molecule has 1 fully saturated rings. The molecule has 0 N–H and O–H groups in total. The van der Waals surface area contributed by atoms with Crippen molar-refractivity contribution in [2.75, 3.05) is 18.8 Å². The molecule has 0 spiro atoms. The van der Waals surface area contributed by atoms with Crippen LogP contribution in [0.15, 0.2) is 30.3 Å². The van der Waals surface area contributed by atoms with Gasteiger partial charge in [-0.2, -0.15) is 0 Å². The molecule has 7 heteroatoms. The van der Waals surface area contributed by atoms with Crippen molar-refractivity contribution in [2.45, 2.75) is 19.4 Å². The first-order valence-electron chi connectivity index (χ1n) is 6.82. The Labute approximate surface area is 129 Å². The lowest BCUT2D eigenvalue weighted by Gasteiger charge is -2.16. The highest BCUT2D eigenvalue weighted by molar-refractivity contribution is 8.13. The van der Waals surface area contributed by atoms with Crippen molar-refractivity contribution in [1.82, 2.24) is 4.90 Å². The van der Waals surface area contributed by atoms with Gasteiger partial charge in [-0.05, 0) is 24.3 Å². The third kappa shape index (κ3) is 5.55. The van der Waals surface area contributed by atoms with E-state index in [2.05, 4.69) is 0 Å². The van der Waals surface area contributed by atoms with Gasteiger partial charge in [0, 0.05) is 23.8 Å². The molecule has 0 bridgehead atoms. The Morgan fingerprint density at radius 1 is 1.33 bits per heavy atom. The lowest BCUT2D eigenvalue weighted by atomic mass is 10.1. The van der Waals surface area contributed by atoms with Gasteiger partial charge in [-0.15, -0.1) is 0 Å². The molecule has 1 atom stereocenters. The molecule has 21 heavy (non-hydrogen) atoms. The first kappa shape index (κ1) is 16.1. The molecule has 1 aliphatic rings. The summed E-state index contributed by atoms with van der Waals surface area (Å²) < 4.78 is 27.1. The summed E-state index contributed by atoms with van der Waals surface area (Å²) in [5.41, 5.74) is 0.940. The van der Waals surface area contributed by atoms with Crippen LogP contribution in [-0.2, 0) is 20.4 Å². The fourth-order valence-corrected chi connectivity index (χ4v) is 3.23. The van der Waals surface area contributed by atoms with Crippen molar-refractivity contribution in [3.05, 3.63) is 35.9 Å². The van der Waals surface area contributed by atoms with E-state index in [1.54, 1.807) is 4.90 Å². The van der Waals surface area contributed by atoms with Gasteiger partial charge in [0.2, 0.25) is 9.05 Å². The highest BCUT2D eigenvalue weighted by atomic mass is 35.7. The Kier molecular flexibility index (Phi) is 5.47. The lowest BCUT2D eigenvalue weighted by molar-refractivity contribution is 0.103. The van der Waals surface area contributed by atoms with Crippen LogP contribution in [0.25, 0.3) is 0 Å². The van der Waals surface area contributed by atoms with Crippen LogP contribution < -0.4 is 0 Å². The first-order valence-corrected chi connectivity index (χ1v) is 9.30. The van der Waals surface area contributed by atoms with E-state index in [0.717, 1.165) is 12.0 Å². The van der Waals surface area contributed by atoms with Crippen LogP contribution in [0.1, 0.15) is 18.4 Å². The maximum atomic E-state index is 11.9. The predicted molar refractivity (Wildman–Crippen MR) is 80.6 cm³/mol. The molecule has 0 aliphatic carbocycles. The van der Waals surface area contributed by atoms with Crippen LogP contribution >= 0.6 is 10.7 Å². The number of halogens is 1. The normalized spacial score (nSPS) is 18.7. The fourth-order valence-electron chi connectivity index (χ4n) is 2.35. The maximum absolute atomic E-state index is 11.9.